The van der Waals surface area contributed by atoms with Crippen LogP contribution in [0.25, 0.3) is 0 Å². The zero-order valence-electron chi connectivity index (χ0n) is 7.88. The molecule has 2 heterocycles. The summed E-state index contributed by atoms with van der Waals surface area (Å²) in [5.74, 6) is 0.438. The molecule has 2 aromatic heterocycles. The summed E-state index contributed by atoms with van der Waals surface area (Å²) in [5, 5.41) is 0. The summed E-state index contributed by atoms with van der Waals surface area (Å²) in [6, 6.07) is 3.58. The topological polar surface area (TPSA) is 68.9 Å². The normalized spacial score (nSPS) is 10.1. The van der Waals surface area contributed by atoms with Gasteiger partial charge in [0.15, 0.2) is 5.78 Å². The highest BCUT2D eigenvalue weighted by atomic mass is 32.1. The molecule has 5 heteroatoms. The standard InChI is InChI=1S/C10H9N3OS/c11-10-7(2-1-3-13-10)4-8(14)9-5-12-6-15-9/h1-3,5-6H,4H2,(H2,11,13). The van der Waals surface area contributed by atoms with Crippen LogP contribution in [0.5, 0.6) is 0 Å². The Balaban J connectivity index is 2.17. The van der Waals surface area contributed by atoms with Gasteiger partial charge in [0.25, 0.3) is 0 Å². The first-order valence-electron chi connectivity index (χ1n) is 4.38. The van der Waals surface area contributed by atoms with Crippen molar-refractivity contribution in [2.75, 3.05) is 5.73 Å². The van der Waals surface area contributed by atoms with Crippen molar-refractivity contribution in [3.8, 4) is 0 Å². The van der Waals surface area contributed by atoms with E-state index in [9.17, 15) is 4.79 Å². The van der Waals surface area contributed by atoms with Gasteiger partial charge < -0.3 is 5.73 Å². The summed E-state index contributed by atoms with van der Waals surface area (Å²) in [6.45, 7) is 0. The minimum Gasteiger partial charge on any atom is -0.383 e. The van der Waals surface area contributed by atoms with Crippen molar-refractivity contribution < 1.29 is 4.79 Å². The SMILES string of the molecule is Nc1ncccc1CC(=O)c1cncs1. The average molecular weight is 219 g/mol. The second kappa shape index (κ2) is 4.18. The Morgan fingerprint density at radius 3 is 3.07 bits per heavy atom. The Morgan fingerprint density at radius 2 is 2.40 bits per heavy atom. The van der Waals surface area contributed by atoms with Crippen LogP contribution in [0, 0.1) is 0 Å². The molecular formula is C10H9N3OS. The van der Waals surface area contributed by atoms with Crippen LogP contribution in [-0.4, -0.2) is 15.8 Å². The first-order chi connectivity index (χ1) is 7.27. The number of nitrogens with two attached hydrogens (primary N) is 1. The Kier molecular flexibility index (Phi) is 2.73. The highest BCUT2D eigenvalue weighted by Gasteiger charge is 2.10. The molecule has 0 saturated heterocycles. The highest BCUT2D eigenvalue weighted by Crippen LogP contribution is 2.13. The Morgan fingerprint density at radius 1 is 1.53 bits per heavy atom. The van der Waals surface area contributed by atoms with Crippen LogP contribution in [-0.2, 0) is 6.42 Å². The first-order valence-corrected chi connectivity index (χ1v) is 5.26. The van der Waals surface area contributed by atoms with Gasteiger partial charge in [-0.05, 0) is 6.07 Å². The van der Waals surface area contributed by atoms with Crippen molar-refractivity contribution in [1.29, 1.82) is 0 Å². The fourth-order valence-corrected chi connectivity index (χ4v) is 1.77. The van der Waals surface area contributed by atoms with Crippen LogP contribution in [0.1, 0.15) is 15.2 Å². The van der Waals surface area contributed by atoms with Crippen LogP contribution in [0.3, 0.4) is 0 Å². The van der Waals surface area contributed by atoms with E-state index in [0.717, 1.165) is 5.56 Å². The van der Waals surface area contributed by atoms with Crippen LogP contribution < -0.4 is 5.73 Å². The van der Waals surface area contributed by atoms with E-state index in [0.29, 0.717) is 10.7 Å². The third kappa shape index (κ3) is 2.19. The Labute approximate surface area is 90.8 Å². The maximum Gasteiger partial charge on any atom is 0.178 e. The largest absolute Gasteiger partial charge is 0.383 e. The van der Waals surface area contributed by atoms with Gasteiger partial charge >= 0.3 is 0 Å². The Bertz CT molecular complexity index is 467. The second-order valence-corrected chi connectivity index (χ2v) is 3.90. The molecule has 2 N–H and O–H groups in total. The summed E-state index contributed by atoms with van der Waals surface area (Å²) >= 11 is 1.33. The lowest BCUT2D eigenvalue weighted by molar-refractivity contribution is 0.0996. The zero-order valence-corrected chi connectivity index (χ0v) is 8.70. The lowest BCUT2D eigenvalue weighted by Gasteiger charge is -2.01. The molecule has 0 atom stereocenters. The Hall–Kier alpha value is -1.75. The number of hydrogen-bond acceptors (Lipinski definition) is 5. The molecule has 2 rings (SSSR count). The molecule has 76 valence electrons. The van der Waals surface area contributed by atoms with Crippen LogP contribution in [0.15, 0.2) is 30.0 Å². The molecule has 0 aromatic carbocycles. The molecule has 0 aliphatic rings. The number of pyridine rings is 1. The number of nitrogens with zero attached hydrogens (tertiary/aromatic N) is 2. The third-order valence-electron chi connectivity index (χ3n) is 1.98. The summed E-state index contributed by atoms with van der Waals surface area (Å²) in [7, 11) is 0. The van der Waals surface area contributed by atoms with Gasteiger partial charge in [-0.25, -0.2) is 4.98 Å². The average Bonchev–Trinajstić information content (AvgIpc) is 2.74. The molecule has 0 aliphatic carbocycles. The predicted molar refractivity (Wildman–Crippen MR) is 58.8 cm³/mol. The molecular weight excluding hydrogens is 210 g/mol. The van der Waals surface area contributed by atoms with Crippen molar-refractivity contribution >= 4 is 22.9 Å². The summed E-state index contributed by atoms with van der Waals surface area (Å²) < 4.78 is 0. The van der Waals surface area contributed by atoms with E-state index in [1.807, 2.05) is 0 Å². The summed E-state index contributed by atoms with van der Waals surface area (Å²) in [4.78, 5) is 20.2. The van der Waals surface area contributed by atoms with E-state index < -0.39 is 0 Å². The smallest absolute Gasteiger partial charge is 0.178 e. The first kappa shape index (κ1) is 9.79. The number of anilines is 1. The molecule has 0 bridgehead atoms. The van der Waals surface area contributed by atoms with Gasteiger partial charge in [0.1, 0.15) is 5.82 Å². The molecule has 0 radical (unpaired) electrons. The number of aromatic nitrogens is 2. The van der Waals surface area contributed by atoms with Crippen molar-refractivity contribution in [1.82, 2.24) is 9.97 Å². The van der Waals surface area contributed by atoms with E-state index in [1.54, 1.807) is 30.0 Å². The summed E-state index contributed by atoms with van der Waals surface area (Å²) in [6.07, 6.45) is 3.46. The summed E-state index contributed by atoms with van der Waals surface area (Å²) in [5.41, 5.74) is 8.05. The molecule has 0 fully saturated rings. The number of ketones is 1. The molecule has 0 spiro atoms. The lowest BCUT2D eigenvalue weighted by atomic mass is 10.1. The van der Waals surface area contributed by atoms with Gasteiger partial charge in [-0.15, -0.1) is 11.3 Å². The van der Waals surface area contributed by atoms with E-state index in [-0.39, 0.29) is 12.2 Å². The number of nitrogen functional groups attached to an aromatic ring is 1. The maximum atomic E-state index is 11.7. The van der Waals surface area contributed by atoms with E-state index in [4.69, 9.17) is 5.73 Å². The molecule has 15 heavy (non-hydrogen) atoms. The number of carbonyl (C=O) groups excluding carboxylic acids is 1. The maximum absolute atomic E-state index is 11.7. The van der Waals surface area contributed by atoms with Crippen molar-refractivity contribution in [3.63, 3.8) is 0 Å². The van der Waals surface area contributed by atoms with Gasteiger partial charge in [-0.3, -0.25) is 9.78 Å². The van der Waals surface area contributed by atoms with Crippen LogP contribution >= 0.6 is 11.3 Å². The van der Waals surface area contributed by atoms with Crippen molar-refractivity contribution in [2.24, 2.45) is 0 Å². The monoisotopic (exact) mass is 219 g/mol. The fourth-order valence-electron chi connectivity index (χ4n) is 1.21. The van der Waals surface area contributed by atoms with Gasteiger partial charge in [-0.1, -0.05) is 6.07 Å². The fraction of sp³-hybridized carbons (Fsp3) is 0.100. The van der Waals surface area contributed by atoms with E-state index in [1.165, 1.54) is 11.3 Å². The van der Waals surface area contributed by atoms with Crippen LogP contribution in [0.4, 0.5) is 5.82 Å². The molecule has 0 aliphatic heterocycles. The number of rotatable bonds is 3. The third-order valence-corrected chi connectivity index (χ3v) is 2.80. The van der Waals surface area contributed by atoms with Crippen molar-refractivity contribution in [2.45, 2.75) is 6.42 Å². The molecule has 2 aromatic rings. The molecule has 0 amide bonds. The molecule has 0 saturated carbocycles. The van der Waals surface area contributed by atoms with Gasteiger partial charge in [0.2, 0.25) is 0 Å². The van der Waals surface area contributed by atoms with Gasteiger partial charge in [0.05, 0.1) is 10.4 Å². The minimum absolute atomic E-state index is 0.0252. The second-order valence-electron chi connectivity index (χ2n) is 3.01. The highest BCUT2D eigenvalue weighted by molar-refractivity contribution is 7.11. The number of hydrogen-bond donors (Lipinski definition) is 1. The number of carbonyl (C=O) groups is 1. The van der Waals surface area contributed by atoms with E-state index in [2.05, 4.69) is 9.97 Å². The van der Waals surface area contributed by atoms with Gasteiger partial charge in [-0.2, -0.15) is 0 Å². The number of Topliss-reactive ketones (excluding diaryl/α,β-unsaturated/α-hetero) is 1. The zero-order chi connectivity index (χ0) is 10.7. The number of thiazole rings is 1. The minimum atomic E-state index is 0.0252. The van der Waals surface area contributed by atoms with Gasteiger partial charge in [0, 0.05) is 24.4 Å². The van der Waals surface area contributed by atoms with Crippen molar-refractivity contribution in [3.05, 3.63) is 40.5 Å². The predicted octanol–water partition coefficient (Wildman–Crippen LogP) is 1.55. The lowest BCUT2D eigenvalue weighted by Crippen LogP contribution is -2.05. The van der Waals surface area contributed by atoms with Crippen LogP contribution in [0.2, 0.25) is 0 Å². The quantitative estimate of drug-likeness (QED) is 0.795. The molecule has 0 unspecified atom stereocenters. The van der Waals surface area contributed by atoms with E-state index >= 15 is 0 Å². The molecule has 4 nitrogen and oxygen atoms in total.